The molecule has 2 aromatic carbocycles. The molecule has 1 aliphatic heterocycles. The number of carbonyl (C=O) groups is 1. The van der Waals surface area contributed by atoms with Crippen LogP contribution in [-0.2, 0) is 19.9 Å². The van der Waals surface area contributed by atoms with Crippen molar-refractivity contribution in [2.75, 3.05) is 33.4 Å². The number of methoxy groups -OCH3 is 1. The number of nitrogens with zero attached hydrogens (tertiary/aromatic N) is 1. The molecule has 0 radical (unpaired) electrons. The first-order chi connectivity index (χ1) is 19.4. The van der Waals surface area contributed by atoms with Crippen LogP contribution in [0.1, 0.15) is 37.7 Å². The number of aliphatic hydroxyl groups excluding tert-OH is 1. The second-order valence-corrected chi connectivity index (χ2v) is 10.7. The van der Waals surface area contributed by atoms with Crippen molar-refractivity contribution in [1.29, 1.82) is 0 Å². The van der Waals surface area contributed by atoms with Crippen molar-refractivity contribution < 1.29 is 46.8 Å². The SMILES string of the molecule is COCCCCC(O)(c1cccc(F)c1-c1cccc(OC(F)(F)F)c1)C1CN(C(=O)C2CC(N)C(O)C2)CCO1. The zero-order valence-corrected chi connectivity index (χ0v) is 22.8. The highest BCUT2D eigenvalue weighted by molar-refractivity contribution is 5.79. The van der Waals surface area contributed by atoms with Crippen molar-refractivity contribution in [3.8, 4) is 16.9 Å². The quantitative estimate of drug-likeness (QED) is 0.288. The van der Waals surface area contributed by atoms with Crippen molar-refractivity contribution in [3.05, 3.63) is 53.8 Å². The van der Waals surface area contributed by atoms with Crippen molar-refractivity contribution in [1.82, 2.24) is 4.90 Å². The van der Waals surface area contributed by atoms with Crippen LogP contribution in [0.5, 0.6) is 5.75 Å². The molecule has 1 heterocycles. The van der Waals surface area contributed by atoms with Crippen LogP contribution in [0.4, 0.5) is 17.6 Å². The van der Waals surface area contributed by atoms with Crippen LogP contribution < -0.4 is 10.5 Å². The van der Waals surface area contributed by atoms with Gasteiger partial charge in [-0.15, -0.1) is 13.2 Å². The first-order valence-electron chi connectivity index (χ1n) is 13.6. The number of ether oxygens (including phenoxy) is 3. The lowest BCUT2D eigenvalue weighted by Gasteiger charge is -2.43. The van der Waals surface area contributed by atoms with E-state index in [9.17, 15) is 28.2 Å². The van der Waals surface area contributed by atoms with Crippen LogP contribution in [0.2, 0.25) is 0 Å². The van der Waals surface area contributed by atoms with Gasteiger partial charge in [0.2, 0.25) is 5.91 Å². The second-order valence-electron chi connectivity index (χ2n) is 10.7. The minimum atomic E-state index is -4.94. The van der Waals surface area contributed by atoms with Crippen molar-refractivity contribution >= 4 is 5.91 Å². The van der Waals surface area contributed by atoms with E-state index >= 15 is 4.39 Å². The highest BCUT2D eigenvalue weighted by Crippen LogP contribution is 2.42. The molecule has 4 N–H and O–H groups in total. The van der Waals surface area contributed by atoms with E-state index in [0.29, 0.717) is 25.9 Å². The number of hydrogen-bond acceptors (Lipinski definition) is 7. The van der Waals surface area contributed by atoms with Gasteiger partial charge in [-0.1, -0.05) is 24.3 Å². The van der Waals surface area contributed by atoms with E-state index < -0.39 is 47.7 Å². The Kier molecular flexibility index (Phi) is 9.91. The summed E-state index contributed by atoms with van der Waals surface area (Å²) in [6.45, 7) is 0.791. The molecule has 226 valence electrons. The summed E-state index contributed by atoms with van der Waals surface area (Å²) in [5.74, 6) is -1.95. The Morgan fingerprint density at radius 1 is 1.17 bits per heavy atom. The van der Waals surface area contributed by atoms with Crippen LogP contribution in [-0.4, -0.2) is 79.0 Å². The lowest BCUT2D eigenvalue weighted by atomic mass is 9.78. The van der Waals surface area contributed by atoms with Gasteiger partial charge in [0.25, 0.3) is 0 Å². The van der Waals surface area contributed by atoms with Gasteiger partial charge < -0.3 is 35.1 Å². The van der Waals surface area contributed by atoms with Gasteiger partial charge in [-0.05, 0) is 61.4 Å². The molecule has 1 saturated heterocycles. The Morgan fingerprint density at radius 2 is 1.93 bits per heavy atom. The van der Waals surface area contributed by atoms with Crippen LogP contribution in [0.15, 0.2) is 42.5 Å². The second kappa shape index (κ2) is 13.0. The molecule has 8 nitrogen and oxygen atoms in total. The summed E-state index contributed by atoms with van der Waals surface area (Å²) in [4.78, 5) is 14.9. The molecule has 0 bridgehead atoms. The summed E-state index contributed by atoms with van der Waals surface area (Å²) < 4.78 is 69.4. The molecule has 5 atom stereocenters. The van der Waals surface area contributed by atoms with Crippen LogP contribution in [0.25, 0.3) is 11.1 Å². The van der Waals surface area contributed by atoms with Gasteiger partial charge in [-0.3, -0.25) is 4.79 Å². The van der Waals surface area contributed by atoms with E-state index in [4.69, 9.17) is 15.2 Å². The predicted molar refractivity (Wildman–Crippen MR) is 141 cm³/mol. The van der Waals surface area contributed by atoms with E-state index in [1.165, 1.54) is 24.3 Å². The molecule has 41 heavy (non-hydrogen) atoms. The van der Waals surface area contributed by atoms with E-state index in [-0.39, 0.29) is 55.1 Å². The number of amides is 1. The number of rotatable bonds is 10. The maximum absolute atomic E-state index is 15.5. The molecule has 4 rings (SSSR count). The minimum absolute atomic E-state index is 0.00534. The number of alkyl halides is 3. The Balaban J connectivity index is 1.70. The summed E-state index contributed by atoms with van der Waals surface area (Å²) in [5.41, 5.74) is 4.20. The van der Waals surface area contributed by atoms with E-state index in [1.807, 2.05) is 0 Å². The fourth-order valence-electron chi connectivity index (χ4n) is 5.78. The van der Waals surface area contributed by atoms with Crippen molar-refractivity contribution in [2.45, 2.75) is 62.3 Å². The molecule has 2 fully saturated rings. The van der Waals surface area contributed by atoms with Gasteiger partial charge in [0.15, 0.2) is 0 Å². The predicted octanol–water partition coefficient (Wildman–Crippen LogP) is 3.72. The third-order valence-corrected chi connectivity index (χ3v) is 7.83. The Labute approximate surface area is 236 Å². The fourth-order valence-corrected chi connectivity index (χ4v) is 5.78. The van der Waals surface area contributed by atoms with Gasteiger partial charge in [0, 0.05) is 37.8 Å². The summed E-state index contributed by atoms with van der Waals surface area (Å²) in [6.07, 6.45) is -4.97. The number of morpholine rings is 1. The molecule has 0 spiro atoms. The zero-order valence-electron chi connectivity index (χ0n) is 22.8. The van der Waals surface area contributed by atoms with Crippen LogP contribution in [0, 0.1) is 11.7 Å². The summed E-state index contributed by atoms with van der Waals surface area (Å²) in [6, 6.07) is 8.50. The molecule has 2 aliphatic rings. The molecule has 0 aromatic heterocycles. The molecular weight excluding hydrogens is 548 g/mol. The maximum Gasteiger partial charge on any atom is 0.573 e. The van der Waals surface area contributed by atoms with Gasteiger partial charge in [-0.2, -0.15) is 0 Å². The average Bonchev–Trinajstić information content (AvgIpc) is 3.27. The standard InChI is InChI=1S/C29H36F4N2O6/c1-39-12-3-2-10-28(38,25-17-35(11-13-40-25)27(37)19-15-23(34)24(36)16-19)21-8-5-9-22(30)26(21)18-6-4-7-20(14-18)41-29(31,32)33/h4-9,14,19,23-25,36,38H,2-3,10-13,15-17,34H2,1H3. The normalized spacial score (nSPS) is 24.7. The Bertz CT molecular complexity index is 1190. The number of unbranched alkanes of at least 4 members (excludes halogenated alkanes) is 1. The van der Waals surface area contributed by atoms with Crippen molar-refractivity contribution in [2.24, 2.45) is 11.7 Å². The lowest BCUT2D eigenvalue weighted by Crippen LogP contribution is -2.55. The smallest absolute Gasteiger partial charge is 0.406 e. The maximum atomic E-state index is 15.5. The zero-order chi connectivity index (χ0) is 29.8. The number of nitrogens with two attached hydrogens (primary N) is 1. The summed E-state index contributed by atoms with van der Waals surface area (Å²) >= 11 is 0. The first kappa shape index (κ1) is 31.2. The Hall–Kier alpha value is -2.77. The number of carbonyl (C=O) groups excluding carboxylic acids is 1. The number of hydrogen-bond donors (Lipinski definition) is 3. The highest BCUT2D eigenvalue weighted by Gasteiger charge is 2.46. The van der Waals surface area contributed by atoms with E-state index in [1.54, 1.807) is 12.0 Å². The Morgan fingerprint density at radius 3 is 2.61 bits per heavy atom. The molecule has 2 aromatic rings. The monoisotopic (exact) mass is 584 g/mol. The topological polar surface area (TPSA) is 114 Å². The largest absolute Gasteiger partial charge is 0.573 e. The number of benzene rings is 2. The van der Waals surface area contributed by atoms with Gasteiger partial charge in [0.1, 0.15) is 23.3 Å². The van der Waals surface area contributed by atoms with Gasteiger partial charge in [0.05, 0.1) is 19.3 Å². The van der Waals surface area contributed by atoms with Crippen molar-refractivity contribution in [3.63, 3.8) is 0 Å². The third kappa shape index (κ3) is 7.36. The van der Waals surface area contributed by atoms with E-state index in [2.05, 4.69) is 4.74 Å². The number of halogens is 4. The molecule has 1 amide bonds. The van der Waals surface area contributed by atoms with Gasteiger partial charge >= 0.3 is 6.36 Å². The number of aliphatic hydroxyl groups is 2. The summed E-state index contributed by atoms with van der Waals surface area (Å²) in [7, 11) is 1.55. The van der Waals surface area contributed by atoms with Gasteiger partial charge in [-0.25, -0.2) is 4.39 Å². The minimum Gasteiger partial charge on any atom is -0.406 e. The lowest BCUT2D eigenvalue weighted by molar-refractivity contribution is -0.274. The third-order valence-electron chi connectivity index (χ3n) is 7.83. The molecule has 5 unspecified atom stereocenters. The summed E-state index contributed by atoms with van der Waals surface area (Å²) in [5, 5.41) is 22.4. The highest BCUT2D eigenvalue weighted by atomic mass is 19.4. The average molecular weight is 585 g/mol. The fraction of sp³-hybridized carbons (Fsp3) is 0.552. The molecule has 12 heteroatoms. The molecule has 1 aliphatic carbocycles. The molecule has 1 saturated carbocycles. The van der Waals surface area contributed by atoms with Crippen LogP contribution >= 0.6 is 0 Å². The van der Waals surface area contributed by atoms with Crippen LogP contribution in [0.3, 0.4) is 0 Å². The molecular formula is C29H36F4N2O6. The first-order valence-corrected chi connectivity index (χ1v) is 13.6. The van der Waals surface area contributed by atoms with E-state index in [0.717, 1.165) is 18.2 Å².